The molecule has 1 amide bonds. The van der Waals surface area contributed by atoms with Crippen LogP contribution in [0, 0.1) is 12.8 Å². The van der Waals surface area contributed by atoms with Crippen molar-refractivity contribution in [3.63, 3.8) is 0 Å². The van der Waals surface area contributed by atoms with Crippen molar-refractivity contribution >= 4 is 22.9 Å². The van der Waals surface area contributed by atoms with Gasteiger partial charge in [-0.1, -0.05) is 0 Å². The number of carbonyl (C=O) groups is 1. The molecule has 1 aliphatic rings. The molecule has 1 N–H and O–H groups in total. The largest absolute Gasteiger partial charge is 1.00 e. The molecule has 35 heavy (non-hydrogen) atoms. The van der Waals surface area contributed by atoms with E-state index in [1.807, 2.05) is 31.2 Å². The van der Waals surface area contributed by atoms with E-state index in [0.717, 1.165) is 11.1 Å². The predicted molar refractivity (Wildman–Crippen MR) is 138 cm³/mol. The van der Waals surface area contributed by atoms with Gasteiger partial charge in [0.1, 0.15) is 0 Å². The van der Waals surface area contributed by atoms with Crippen LogP contribution < -0.4 is 39.0 Å². The molecule has 0 saturated carbocycles. The van der Waals surface area contributed by atoms with Gasteiger partial charge in [0.05, 0.1) is 0 Å². The summed E-state index contributed by atoms with van der Waals surface area (Å²) in [7, 11) is 0. The Morgan fingerprint density at radius 1 is 0.771 bits per heavy atom. The Labute approximate surface area is 229 Å². The summed E-state index contributed by atoms with van der Waals surface area (Å²) in [5, 5.41) is 2.83. The summed E-state index contributed by atoms with van der Waals surface area (Å²) in [4.78, 5) is 13.6. The van der Waals surface area contributed by atoms with Gasteiger partial charge < -0.3 is 24.8 Å². The van der Waals surface area contributed by atoms with E-state index in [2.05, 4.69) is 92.2 Å². The van der Waals surface area contributed by atoms with Crippen LogP contribution in [0.2, 0.25) is 0 Å². The number of carbonyl (C=O) groups excluding carboxylic acids is 1. The fraction of sp³-hybridized carbons (Fsp3) is 0.207. The summed E-state index contributed by atoms with van der Waals surface area (Å²) < 4.78 is 5.24. The molecule has 2 nitrogen and oxygen atoms in total. The van der Waals surface area contributed by atoms with Crippen molar-refractivity contribution in [3.8, 4) is 0 Å². The summed E-state index contributed by atoms with van der Waals surface area (Å²) in [6.07, 6.45) is 0. The number of halogens is 2. The molecule has 0 fully saturated rings. The Bertz CT molecular complexity index is 1190. The van der Waals surface area contributed by atoms with Crippen LogP contribution in [0.5, 0.6) is 0 Å². The summed E-state index contributed by atoms with van der Waals surface area (Å²) in [6.45, 7) is 9.46. The van der Waals surface area contributed by atoms with Crippen molar-refractivity contribution in [1.82, 2.24) is 3.80 Å². The van der Waals surface area contributed by atoms with Crippen molar-refractivity contribution in [3.05, 3.63) is 117 Å². The second-order valence-electron chi connectivity index (χ2n) is 9.06. The van der Waals surface area contributed by atoms with Crippen LogP contribution in [-0.4, -0.2) is 12.6 Å². The third kappa shape index (κ3) is 6.28. The Morgan fingerprint density at radius 3 is 1.77 bits per heavy atom. The van der Waals surface area contributed by atoms with Crippen molar-refractivity contribution in [2.24, 2.45) is 5.92 Å². The zero-order valence-electron chi connectivity index (χ0n) is 20.9. The molecule has 3 aromatic rings. The zero-order valence-corrected chi connectivity index (χ0v) is 25.1. The van der Waals surface area contributed by atoms with Gasteiger partial charge >= 0.3 is 206 Å². The number of hydrogen-bond donors (Lipinski definition) is 1. The van der Waals surface area contributed by atoms with E-state index in [1.54, 1.807) is 0 Å². The van der Waals surface area contributed by atoms with Crippen LogP contribution in [0.4, 0.5) is 0 Å². The summed E-state index contributed by atoms with van der Waals surface area (Å²) >= 11 is -2.29. The maximum atomic E-state index is 13.6. The molecular formula is C29H32Cl2NOSiTi. The minimum absolute atomic E-state index is 0. The number of allylic oxidation sites excluding steroid dienone is 4. The molecule has 0 aromatic heterocycles. The summed E-state index contributed by atoms with van der Waals surface area (Å²) in [5.41, 5.74) is 6.14. The van der Waals surface area contributed by atoms with Crippen molar-refractivity contribution in [2.45, 2.75) is 34.6 Å². The van der Waals surface area contributed by atoms with Gasteiger partial charge in [-0.05, 0) is 0 Å². The SMILES string of the molecule is CC1=C(C)C(C)[C]([Ti+2]([NH]C(=O)c2cccc(C)c2)[SiH](c2ccccc2)c2ccccc2)=C1C.[Cl-].[Cl-]. The van der Waals surface area contributed by atoms with E-state index in [-0.39, 0.29) is 30.7 Å². The molecule has 1 aliphatic carbocycles. The fourth-order valence-electron chi connectivity index (χ4n) is 4.89. The molecule has 0 aliphatic heterocycles. The van der Waals surface area contributed by atoms with Crippen LogP contribution in [0.3, 0.4) is 0 Å². The number of nitrogens with one attached hydrogen (secondary N) is 1. The standard InChI is InChI=1S/C12H11Si.C9H13.C8H9NO.2ClH.Ti/c1-3-7-11(8-4-1)13-12-9-5-2-6-10-12;1-6-5-7(2)9(4)8(6)3;1-6-3-2-4-7(5-6)8(9)10;;;/h1-10,13H;6H,1-4H3;2-5H,1H3,(H2,9,10);2*1H;/q;;;;;+3/p-3. The van der Waals surface area contributed by atoms with E-state index < -0.39 is 24.0 Å². The number of aryl methyl sites for hydroxylation is 1. The van der Waals surface area contributed by atoms with Gasteiger partial charge in [0.15, 0.2) is 0 Å². The second kappa shape index (κ2) is 12.9. The van der Waals surface area contributed by atoms with Gasteiger partial charge in [-0.2, -0.15) is 0 Å². The van der Waals surface area contributed by atoms with E-state index >= 15 is 0 Å². The first-order valence-corrected chi connectivity index (χ1v) is 17.6. The minimum Gasteiger partial charge on any atom is -1.00 e. The Kier molecular flexibility index (Phi) is 10.8. The fourth-order valence-corrected chi connectivity index (χ4v) is 19.9. The molecule has 181 valence electrons. The number of benzene rings is 3. The van der Waals surface area contributed by atoms with Crippen molar-refractivity contribution in [1.29, 1.82) is 0 Å². The second-order valence-corrected chi connectivity index (χ2v) is 18.9. The normalized spacial score (nSPS) is 15.0. The molecule has 0 radical (unpaired) electrons. The maximum Gasteiger partial charge on any atom is -1.00 e. The van der Waals surface area contributed by atoms with Crippen LogP contribution in [0.25, 0.3) is 0 Å². The molecule has 4 rings (SSSR count). The maximum absolute atomic E-state index is 13.6. The van der Waals surface area contributed by atoms with Gasteiger partial charge in [-0.25, -0.2) is 0 Å². The quantitative estimate of drug-likeness (QED) is 0.390. The first kappa shape index (κ1) is 29.4. The van der Waals surface area contributed by atoms with Crippen molar-refractivity contribution in [2.75, 3.05) is 0 Å². The van der Waals surface area contributed by atoms with Crippen LogP contribution in [0.1, 0.15) is 43.6 Å². The number of hydrogen-bond acceptors (Lipinski definition) is 1. The zero-order chi connectivity index (χ0) is 23.5. The summed E-state index contributed by atoms with van der Waals surface area (Å²) in [6, 6.07) is 29.8. The Balaban J connectivity index is 0.00000216. The van der Waals surface area contributed by atoms with Crippen molar-refractivity contribution < 1.29 is 47.0 Å². The average molecular weight is 557 g/mol. The average Bonchev–Trinajstić information content (AvgIpc) is 3.02. The molecule has 0 saturated heterocycles. The topological polar surface area (TPSA) is 29.1 Å². The smallest absolute Gasteiger partial charge is 1.00 e. The van der Waals surface area contributed by atoms with Crippen LogP contribution >= 0.6 is 0 Å². The molecule has 0 spiro atoms. The van der Waals surface area contributed by atoms with Gasteiger partial charge in [-0.3, -0.25) is 0 Å². The van der Waals surface area contributed by atoms with E-state index in [1.165, 1.54) is 31.0 Å². The van der Waals surface area contributed by atoms with Crippen LogP contribution in [-0.2, 0) is 17.4 Å². The van der Waals surface area contributed by atoms with Gasteiger partial charge in [0, 0.05) is 0 Å². The first-order chi connectivity index (χ1) is 15.9. The third-order valence-electron chi connectivity index (χ3n) is 7.01. The minimum atomic E-state index is -2.29. The molecular weight excluding hydrogens is 525 g/mol. The van der Waals surface area contributed by atoms with Gasteiger partial charge in [0.2, 0.25) is 0 Å². The van der Waals surface area contributed by atoms with Gasteiger partial charge in [0.25, 0.3) is 0 Å². The van der Waals surface area contributed by atoms with E-state index in [4.69, 9.17) is 0 Å². The first-order valence-electron chi connectivity index (χ1n) is 11.6. The van der Waals surface area contributed by atoms with Gasteiger partial charge in [-0.15, -0.1) is 0 Å². The van der Waals surface area contributed by atoms with E-state index in [9.17, 15) is 4.79 Å². The predicted octanol–water partition coefficient (Wildman–Crippen LogP) is -0.936. The molecule has 6 heteroatoms. The molecule has 0 heterocycles. The monoisotopic (exact) mass is 556 g/mol. The third-order valence-corrected chi connectivity index (χ3v) is 20.3. The van der Waals surface area contributed by atoms with E-state index in [0.29, 0.717) is 5.92 Å². The Hall–Kier alpha value is -1.88. The molecule has 0 bridgehead atoms. The summed E-state index contributed by atoms with van der Waals surface area (Å²) in [5.74, 6) is 0.466. The number of rotatable bonds is 6. The molecule has 1 unspecified atom stereocenters. The number of amides is 1. The Morgan fingerprint density at radius 2 is 1.31 bits per heavy atom. The molecule has 1 atom stereocenters. The van der Waals surface area contributed by atoms with Crippen LogP contribution in [0.15, 0.2) is 106 Å². The molecule has 3 aromatic carbocycles.